The smallest absolute Gasteiger partial charge is 0.221 e. The Morgan fingerprint density at radius 2 is 1.42 bits per heavy atom. The van der Waals surface area contributed by atoms with Crippen molar-refractivity contribution in [2.75, 3.05) is 0 Å². The molecule has 0 unspecified atom stereocenters. The molecule has 2 nitrogen and oxygen atoms in total. The van der Waals surface area contributed by atoms with Gasteiger partial charge in [-0.2, -0.15) is 0 Å². The van der Waals surface area contributed by atoms with E-state index in [9.17, 15) is 9.59 Å². The zero-order valence-electron chi connectivity index (χ0n) is 6.98. The van der Waals surface area contributed by atoms with Gasteiger partial charge in [-0.25, -0.2) is 0 Å². The maximum Gasteiger partial charge on any atom is 0.221 e. The third kappa shape index (κ3) is 8.02. The highest BCUT2D eigenvalue weighted by atomic mass is 35.5. The van der Waals surface area contributed by atoms with Gasteiger partial charge in [-0.15, -0.1) is 0 Å². The predicted molar refractivity (Wildman–Crippen MR) is 49.4 cm³/mol. The quantitative estimate of drug-likeness (QED) is 0.633. The number of hydrogen-bond donors (Lipinski definition) is 0. The van der Waals surface area contributed by atoms with Gasteiger partial charge in [0.05, 0.1) is 0 Å². The molecule has 0 saturated carbocycles. The lowest BCUT2D eigenvalue weighted by Crippen LogP contribution is -1.99. The van der Waals surface area contributed by atoms with Gasteiger partial charge < -0.3 is 0 Å². The van der Waals surface area contributed by atoms with E-state index in [1.807, 2.05) is 6.92 Å². The number of rotatable bonds is 6. The summed E-state index contributed by atoms with van der Waals surface area (Å²) in [5.41, 5.74) is 0. The third-order valence-corrected chi connectivity index (χ3v) is 2.05. The minimum atomic E-state index is -0.320. The van der Waals surface area contributed by atoms with E-state index in [2.05, 4.69) is 0 Å². The fraction of sp³-hybridized carbons (Fsp3) is 0.750. The summed E-state index contributed by atoms with van der Waals surface area (Å²) in [5.74, 6) is 0.329. The number of carbonyl (C=O) groups excluding carboxylic acids is 2. The molecular formula is C8H12Cl2O2. The summed E-state index contributed by atoms with van der Waals surface area (Å²) < 4.78 is 0. The molecule has 0 N–H and O–H groups in total. The second kappa shape index (κ2) is 6.44. The summed E-state index contributed by atoms with van der Waals surface area (Å²) in [6.07, 6.45) is 2.21. The van der Waals surface area contributed by atoms with Crippen molar-refractivity contribution in [3.8, 4) is 0 Å². The highest BCUT2D eigenvalue weighted by molar-refractivity contribution is 6.63. The molecular weight excluding hydrogens is 199 g/mol. The van der Waals surface area contributed by atoms with Crippen LogP contribution in [0.1, 0.15) is 32.6 Å². The van der Waals surface area contributed by atoms with Gasteiger partial charge in [0.1, 0.15) is 0 Å². The standard InChI is InChI=1S/C8H12Cl2O2/c1-6(2-4-7(9)11)3-5-8(10)12/h6H,2-5H2,1H3. The third-order valence-electron chi connectivity index (χ3n) is 1.67. The van der Waals surface area contributed by atoms with Crippen LogP contribution in [0.25, 0.3) is 0 Å². The van der Waals surface area contributed by atoms with E-state index in [1.54, 1.807) is 0 Å². The number of halogens is 2. The Hall–Kier alpha value is -0.0800. The minimum Gasteiger partial charge on any atom is -0.281 e. The maximum absolute atomic E-state index is 10.4. The highest BCUT2D eigenvalue weighted by Crippen LogP contribution is 2.14. The van der Waals surface area contributed by atoms with Gasteiger partial charge in [-0.05, 0) is 42.0 Å². The number of hydrogen-bond acceptors (Lipinski definition) is 2. The van der Waals surface area contributed by atoms with Crippen molar-refractivity contribution in [2.24, 2.45) is 5.92 Å². The molecule has 0 aromatic heterocycles. The zero-order valence-corrected chi connectivity index (χ0v) is 8.49. The molecule has 0 amide bonds. The lowest BCUT2D eigenvalue weighted by molar-refractivity contribution is -0.112. The largest absolute Gasteiger partial charge is 0.281 e. The molecule has 12 heavy (non-hydrogen) atoms. The average molecular weight is 211 g/mol. The second-order valence-corrected chi connectivity index (χ2v) is 3.74. The van der Waals surface area contributed by atoms with Crippen molar-refractivity contribution in [3.05, 3.63) is 0 Å². The molecule has 0 bridgehead atoms. The van der Waals surface area contributed by atoms with Crippen LogP contribution in [0, 0.1) is 5.92 Å². The summed E-state index contributed by atoms with van der Waals surface area (Å²) in [4.78, 5) is 20.7. The van der Waals surface area contributed by atoms with Crippen molar-refractivity contribution in [1.82, 2.24) is 0 Å². The van der Waals surface area contributed by atoms with Crippen LogP contribution >= 0.6 is 23.2 Å². The molecule has 4 heteroatoms. The van der Waals surface area contributed by atoms with Gasteiger partial charge in [0, 0.05) is 12.8 Å². The van der Waals surface area contributed by atoms with Crippen LogP contribution in [-0.4, -0.2) is 10.5 Å². The topological polar surface area (TPSA) is 34.1 Å². The van der Waals surface area contributed by atoms with Crippen LogP contribution in [0.3, 0.4) is 0 Å². The van der Waals surface area contributed by atoms with Crippen LogP contribution < -0.4 is 0 Å². The Labute approximate surface area is 82.2 Å². The lowest BCUT2D eigenvalue weighted by Gasteiger charge is -2.06. The van der Waals surface area contributed by atoms with E-state index in [0.717, 1.165) is 12.8 Å². The summed E-state index contributed by atoms with van der Waals surface area (Å²) in [7, 11) is 0. The predicted octanol–water partition coefficient (Wildman–Crippen LogP) is 2.71. The first-order valence-electron chi connectivity index (χ1n) is 3.89. The van der Waals surface area contributed by atoms with E-state index in [0.29, 0.717) is 18.8 Å². The van der Waals surface area contributed by atoms with Gasteiger partial charge in [-0.1, -0.05) is 6.92 Å². The molecule has 0 spiro atoms. The summed E-state index contributed by atoms with van der Waals surface area (Å²) in [6, 6.07) is 0. The van der Waals surface area contributed by atoms with Crippen LogP contribution in [0.5, 0.6) is 0 Å². The molecule has 0 aliphatic carbocycles. The van der Waals surface area contributed by atoms with E-state index < -0.39 is 0 Å². The van der Waals surface area contributed by atoms with Crippen molar-refractivity contribution in [3.63, 3.8) is 0 Å². The van der Waals surface area contributed by atoms with Crippen LogP contribution in [-0.2, 0) is 9.59 Å². The summed E-state index contributed by atoms with van der Waals surface area (Å²) >= 11 is 10.3. The van der Waals surface area contributed by atoms with Crippen molar-refractivity contribution >= 4 is 33.7 Å². The summed E-state index contributed by atoms with van der Waals surface area (Å²) in [6.45, 7) is 1.97. The van der Waals surface area contributed by atoms with E-state index in [1.165, 1.54) is 0 Å². The molecule has 0 radical (unpaired) electrons. The minimum absolute atomic E-state index is 0.320. The van der Waals surface area contributed by atoms with Gasteiger partial charge >= 0.3 is 0 Å². The highest BCUT2D eigenvalue weighted by Gasteiger charge is 2.06. The number of carbonyl (C=O) groups is 2. The van der Waals surface area contributed by atoms with E-state index in [4.69, 9.17) is 23.2 Å². The van der Waals surface area contributed by atoms with Crippen molar-refractivity contribution in [2.45, 2.75) is 32.6 Å². The second-order valence-electron chi connectivity index (χ2n) is 2.89. The van der Waals surface area contributed by atoms with Gasteiger partial charge in [0.25, 0.3) is 0 Å². The fourth-order valence-electron chi connectivity index (χ4n) is 0.864. The molecule has 0 saturated heterocycles. The molecule has 0 atom stereocenters. The molecule has 0 aliphatic rings. The molecule has 0 fully saturated rings. The zero-order chi connectivity index (χ0) is 9.56. The van der Waals surface area contributed by atoms with E-state index in [-0.39, 0.29) is 10.5 Å². The Morgan fingerprint density at radius 1 is 1.08 bits per heavy atom. The maximum atomic E-state index is 10.4. The van der Waals surface area contributed by atoms with Gasteiger partial charge in [0.15, 0.2) is 0 Å². The average Bonchev–Trinajstić information content (AvgIpc) is 1.96. The van der Waals surface area contributed by atoms with Gasteiger partial charge in [-0.3, -0.25) is 9.59 Å². The Balaban J connectivity index is 3.39. The normalized spacial score (nSPS) is 10.3. The first kappa shape index (κ1) is 11.9. The van der Waals surface area contributed by atoms with E-state index >= 15 is 0 Å². The Kier molecular flexibility index (Phi) is 6.39. The summed E-state index contributed by atoms with van der Waals surface area (Å²) in [5, 5.41) is -0.641. The first-order valence-corrected chi connectivity index (χ1v) is 4.64. The van der Waals surface area contributed by atoms with Crippen molar-refractivity contribution < 1.29 is 9.59 Å². The van der Waals surface area contributed by atoms with Crippen LogP contribution in [0.4, 0.5) is 0 Å². The molecule has 70 valence electrons. The fourth-order valence-corrected chi connectivity index (χ4v) is 1.08. The molecule has 0 aliphatic heterocycles. The van der Waals surface area contributed by atoms with Crippen LogP contribution in [0.2, 0.25) is 0 Å². The molecule has 0 aromatic rings. The first-order chi connectivity index (χ1) is 5.52. The molecule has 0 heterocycles. The SMILES string of the molecule is CC(CCC(=O)Cl)CCC(=O)Cl. The Bertz CT molecular complexity index is 150. The Morgan fingerprint density at radius 3 is 1.67 bits per heavy atom. The van der Waals surface area contributed by atoms with Crippen molar-refractivity contribution in [1.29, 1.82) is 0 Å². The monoisotopic (exact) mass is 210 g/mol. The molecule has 0 aromatic carbocycles. The van der Waals surface area contributed by atoms with Gasteiger partial charge in [0.2, 0.25) is 10.5 Å². The molecule has 0 rings (SSSR count). The lowest BCUT2D eigenvalue weighted by atomic mass is 10.0. The van der Waals surface area contributed by atoms with Crippen LogP contribution in [0.15, 0.2) is 0 Å².